The van der Waals surface area contributed by atoms with Crippen LogP contribution in [-0.4, -0.2) is 30.4 Å². The van der Waals surface area contributed by atoms with Crippen LogP contribution in [0, 0.1) is 17.7 Å². The summed E-state index contributed by atoms with van der Waals surface area (Å²) in [7, 11) is 0. The number of rotatable bonds is 6. The first-order valence-corrected chi connectivity index (χ1v) is 7.86. The minimum absolute atomic E-state index is 0. The zero-order valence-corrected chi connectivity index (χ0v) is 14.9. The summed E-state index contributed by atoms with van der Waals surface area (Å²) in [6.07, 6.45) is 1.68. The highest BCUT2D eigenvalue weighted by atomic mass is 79.9. The molecule has 0 radical (unpaired) electrons. The van der Waals surface area contributed by atoms with Crippen molar-refractivity contribution in [3.8, 4) is 0 Å². The fourth-order valence-electron chi connectivity index (χ4n) is 2.41. The van der Waals surface area contributed by atoms with Crippen molar-refractivity contribution < 1.29 is 9.18 Å². The molecule has 1 saturated heterocycles. The van der Waals surface area contributed by atoms with Gasteiger partial charge >= 0.3 is 0 Å². The SMILES string of the molecule is C=CCN(Cc1cc(Br)ccc1F)C(=O)C(C)C1CNC1.Cl. The lowest BCUT2D eigenvalue weighted by Crippen LogP contribution is -2.50. The molecule has 1 aliphatic heterocycles. The normalized spacial score (nSPS) is 15.4. The molecular formula is C16H21BrClFN2O. The number of carbonyl (C=O) groups is 1. The van der Waals surface area contributed by atoms with Gasteiger partial charge in [-0.1, -0.05) is 28.9 Å². The van der Waals surface area contributed by atoms with E-state index in [1.165, 1.54) is 6.07 Å². The summed E-state index contributed by atoms with van der Waals surface area (Å²) in [5.74, 6) is 0.0809. The number of nitrogens with one attached hydrogen (secondary N) is 1. The third-order valence-electron chi connectivity index (χ3n) is 3.94. The van der Waals surface area contributed by atoms with E-state index in [0.29, 0.717) is 18.0 Å². The van der Waals surface area contributed by atoms with Crippen molar-refractivity contribution in [2.24, 2.45) is 11.8 Å². The van der Waals surface area contributed by atoms with Crippen LogP contribution in [0.3, 0.4) is 0 Å². The molecule has 1 aliphatic rings. The molecule has 1 unspecified atom stereocenters. The maximum Gasteiger partial charge on any atom is 0.226 e. The number of hydrogen-bond donors (Lipinski definition) is 1. The van der Waals surface area contributed by atoms with E-state index in [1.54, 1.807) is 23.1 Å². The zero-order valence-electron chi connectivity index (χ0n) is 12.5. The highest BCUT2D eigenvalue weighted by Crippen LogP contribution is 2.22. The summed E-state index contributed by atoms with van der Waals surface area (Å²) in [6, 6.07) is 4.78. The van der Waals surface area contributed by atoms with E-state index in [9.17, 15) is 9.18 Å². The van der Waals surface area contributed by atoms with Crippen molar-refractivity contribution in [2.75, 3.05) is 19.6 Å². The molecular weight excluding hydrogens is 371 g/mol. The summed E-state index contributed by atoms with van der Waals surface area (Å²) in [4.78, 5) is 14.3. The minimum Gasteiger partial charge on any atom is -0.334 e. The molecule has 0 aliphatic carbocycles. The van der Waals surface area contributed by atoms with Gasteiger partial charge in [-0.05, 0) is 37.2 Å². The maximum atomic E-state index is 13.9. The molecule has 1 aromatic carbocycles. The number of carbonyl (C=O) groups excluding carboxylic acids is 1. The number of benzene rings is 1. The van der Waals surface area contributed by atoms with E-state index in [-0.39, 0.29) is 36.6 Å². The third-order valence-corrected chi connectivity index (χ3v) is 4.43. The predicted octanol–water partition coefficient (Wildman–Crippen LogP) is 3.38. The Bertz CT molecular complexity index is 537. The summed E-state index contributed by atoms with van der Waals surface area (Å²) in [6.45, 7) is 8.08. The average molecular weight is 392 g/mol. The second-order valence-corrected chi connectivity index (χ2v) is 6.37. The molecule has 3 nitrogen and oxygen atoms in total. The van der Waals surface area contributed by atoms with Crippen LogP contribution in [0.15, 0.2) is 35.3 Å². The molecule has 22 heavy (non-hydrogen) atoms. The molecule has 1 atom stereocenters. The van der Waals surface area contributed by atoms with Gasteiger partial charge in [0.15, 0.2) is 0 Å². The summed E-state index contributed by atoms with van der Waals surface area (Å²) < 4.78 is 14.7. The van der Waals surface area contributed by atoms with Crippen LogP contribution in [0.25, 0.3) is 0 Å². The maximum absolute atomic E-state index is 13.9. The topological polar surface area (TPSA) is 32.3 Å². The van der Waals surface area contributed by atoms with Crippen LogP contribution < -0.4 is 5.32 Å². The van der Waals surface area contributed by atoms with E-state index in [0.717, 1.165) is 17.6 Å². The molecule has 122 valence electrons. The molecule has 0 spiro atoms. The molecule has 2 rings (SSSR count). The van der Waals surface area contributed by atoms with E-state index in [1.807, 2.05) is 6.92 Å². The number of halogens is 3. The van der Waals surface area contributed by atoms with Crippen LogP contribution in [0.5, 0.6) is 0 Å². The van der Waals surface area contributed by atoms with Crippen LogP contribution in [0.1, 0.15) is 12.5 Å². The quantitative estimate of drug-likeness (QED) is 0.754. The summed E-state index contributed by atoms with van der Waals surface area (Å²) >= 11 is 3.34. The van der Waals surface area contributed by atoms with Crippen molar-refractivity contribution in [3.05, 3.63) is 46.7 Å². The monoisotopic (exact) mass is 390 g/mol. The molecule has 1 amide bonds. The molecule has 0 bridgehead atoms. The molecule has 0 saturated carbocycles. The Morgan fingerprint density at radius 3 is 2.82 bits per heavy atom. The molecule has 1 fully saturated rings. The Kier molecular flexibility index (Phi) is 7.53. The van der Waals surface area contributed by atoms with Gasteiger partial charge in [0.2, 0.25) is 5.91 Å². The second kappa shape index (κ2) is 8.65. The lowest BCUT2D eigenvalue weighted by Gasteiger charge is -2.35. The van der Waals surface area contributed by atoms with E-state index >= 15 is 0 Å². The van der Waals surface area contributed by atoms with E-state index in [4.69, 9.17) is 0 Å². The number of amides is 1. The molecule has 6 heteroatoms. The fraction of sp³-hybridized carbons (Fsp3) is 0.438. The second-order valence-electron chi connectivity index (χ2n) is 5.45. The molecule has 0 aromatic heterocycles. The Hall–Kier alpha value is -0.910. The van der Waals surface area contributed by atoms with Crippen LogP contribution in [-0.2, 0) is 11.3 Å². The van der Waals surface area contributed by atoms with Gasteiger partial charge in [-0.2, -0.15) is 0 Å². The smallest absolute Gasteiger partial charge is 0.226 e. The lowest BCUT2D eigenvalue weighted by molar-refractivity contribution is -0.137. The van der Waals surface area contributed by atoms with Gasteiger partial charge in [-0.25, -0.2) is 4.39 Å². The average Bonchev–Trinajstić information content (AvgIpc) is 2.39. The van der Waals surface area contributed by atoms with Crippen molar-refractivity contribution in [3.63, 3.8) is 0 Å². The van der Waals surface area contributed by atoms with Crippen LogP contribution >= 0.6 is 28.3 Å². The fourth-order valence-corrected chi connectivity index (χ4v) is 2.82. The van der Waals surface area contributed by atoms with E-state index < -0.39 is 0 Å². The van der Waals surface area contributed by atoms with Gasteiger partial charge in [0.25, 0.3) is 0 Å². The Morgan fingerprint density at radius 1 is 1.59 bits per heavy atom. The highest BCUT2D eigenvalue weighted by molar-refractivity contribution is 9.10. The van der Waals surface area contributed by atoms with Crippen LogP contribution in [0.4, 0.5) is 4.39 Å². The minimum atomic E-state index is -0.293. The first kappa shape index (κ1) is 19.1. The van der Waals surface area contributed by atoms with E-state index in [2.05, 4.69) is 27.8 Å². The lowest BCUT2D eigenvalue weighted by atomic mass is 9.88. The van der Waals surface area contributed by atoms with Crippen LogP contribution in [0.2, 0.25) is 0 Å². The largest absolute Gasteiger partial charge is 0.334 e. The van der Waals surface area contributed by atoms with Gasteiger partial charge in [0.05, 0.1) is 0 Å². The van der Waals surface area contributed by atoms with Crippen molar-refractivity contribution in [2.45, 2.75) is 13.5 Å². The van der Waals surface area contributed by atoms with Gasteiger partial charge < -0.3 is 10.2 Å². The van der Waals surface area contributed by atoms with Crippen molar-refractivity contribution in [1.29, 1.82) is 0 Å². The van der Waals surface area contributed by atoms with Gasteiger partial charge in [0.1, 0.15) is 5.82 Å². The third kappa shape index (κ3) is 4.54. The summed E-state index contributed by atoms with van der Waals surface area (Å²) in [5, 5.41) is 3.18. The van der Waals surface area contributed by atoms with Gasteiger partial charge in [-0.15, -0.1) is 19.0 Å². The predicted molar refractivity (Wildman–Crippen MR) is 92.5 cm³/mol. The number of hydrogen-bond acceptors (Lipinski definition) is 2. The van der Waals surface area contributed by atoms with Crippen molar-refractivity contribution >= 4 is 34.2 Å². The first-order valence-electron chi connectivity index (χ1n) is 7.07. The molecule has 1 heterocycles. The highest BCUT2D eigenvalue weighted by Gasteiger charge is 2.31. The summed E-state index contributed by atoms with van der Waals surface area (Å²) in [5.41, 5.74) is 0.513. The van der Waals surface area contributed by atoms with Gasteiger partial charge in [-0.3, -0.25) is 4.79 Å². The zero-order chi connectivity index (χ0) is 15.4. The number of nitrogens with zero attached hydrogens (tertiary/aromatic N) is 1. The first-order chi connectivity index (χ1) is 10.0. The molecule has 1 aromatic rings. The molecule has 1 N–H and O–H groups in total. The standard InChI is InChI=1S/C16H20BrFN2O.ClH/c1-3-6-20(16(21)11(2)13-8-19-9-13)10-12-7-14(17)4-5-15(12)18;/h3-5,7,11,13,19H,1,6,8-10H2,2H3;1H. The Labute approximate surface area is 145 Å². The Morgan fingerprint density at radius 2 is 2.27 bits per heavy atom. The van der Waals surface area contributed by atoms with Gasteiger partial charge in [0, 0.05) is 29.0 Å². The van der Waals surface area contributed by atoms with Crippen molar-refractivity contribution in [1.82, 2.24) is 10.2 Å². The Balaban J connectivity index is 0.00000242.